The van der Waals surface area contributed by atoms with Gasteiger partial charge in [-0.2, -0.15) is 0 Å². The maximum Gasteiger partial charge on any atom is 0.225 e. The zero-order chi connectivity index (χ0) is 15.7. The van der Waals surface area contributed by atoms with Crippen LogP contribution in [-0.2, 0) is 4.79 Å². The molecule has 1 aromatic carbocycles. The number of hydrogen-bond acceptors (Lipinski definition) is 4. The molecule has 0 aliphatic carbocycles. The minimum atomic E-state index is -0.147. The van der Waals surface area contributed by atoms with Crippen LogP contribution in [0.1, 0.15) is 30.7 Å². The van der Waals surface area contributed by atoms with Crippen LogP contribution in [0.25, 0.3) is 11.0 Å². The van der Waals surface area contributed by atoms with Gasteiger partial charge in [0.15, 0.2) is 0 Å². The molecule has 23 heavy (non-hydrogen) atoms. The second-order valence-electron chi connectivity index (χ2n) is 5.87. The molecule has 1 aromatic heterocycles. The highest BCUT2D eigenvalue weighted by Crippen LogP contribution is 2.32. The highest BCUT2D eigenvalue weighted by atomic mass is 35.5. The summed E-state index contributed by atoms with van der Waals surface area (Å²) in [6.07, 6.45) is 0.898. The number of carbonyl (C=O) groups excluding carboxylic acids is 1. The average molecular weight is 339 g/mol. The van der Waals surface area contributed by atoms with Gasteiger partial charge in [-0.15, -0.1) is 12.4 Å². The second kappa shape index (κ2) is 7.23. The quantitative estimate of drug-likeness (QED) is 0.899. The van der Waals surface area contributed by atoms with Crippen molar-refractivity contribution in [1.29, 1.82) is 0 Å². The van der Waals surface area contributed by atoms with Gasteiger partial charge in [0, 0.05) is 17.5 Å². The first-order valence-corrected chi connectivity index (χ1v) is 7.68. The Morgan fingerprint density at radius 2 is 2.26 bits per heavy atom. The highest BCUT2D eigenvalue weighted by Gasteiger charge is 2.25. The van der Waals surface area contributed by atoms with Gasteiger partial charge in [-0.3, -0.25) is 4.79 Å². The van der Waals surface area contributed by atoms with Crippen molar-refractivity contribution in [2.45, 2.75) is 26.3 Å². The Balaban J connectivity index is 0.00000192. The van der Waals surface area contributed by atoms with E-state index in [1.54, 1.807) is 7.11 Å². The number of nitrogens with one attached hydrogen (secondary N) is 2. The summed E-state index contributed by atoms with van der Waals surface area (Å²) in [6, 6.07) is 5.60. The number of rotatable bonds is 4. The molecule has 1 aliphatic heterocycles. The SMILES string of the molecule is COc1ccc2oc(C(C)NC(=O)C3CCNC3)c(C)c2c1.Cl. The Bertz CT molecular complexity index is 692. The molecule has 2 aromatic rings. The Morgan fingerprint density at radius 3 is 2.91 bits per heavy atom. The molecule has 1 amide bonds. The molecule has 5 nitrogen and oxygen atoms in total. The van der Waals surface area contributed by atoms with Crippen molar-refractivity contribution in [1.82, 2.24) is 10.6 Å². The number of methoxy groups -OCH3 is 1. The van der Waals surface area contributed by atoms with E-state index >= 15 is 0 Å². The van der Waals surface area contributed by atoms with Crippen molar-refractivity contribution < 1.29 is 13.9 Å². The lowest BCUT2D eigenvalue weighted by molar-refractivity contribution is -0.125. The lowest BCUT2D eigenvalue weighted by Crippen LogP contribution is -2.33. The monoisotopic (exact) mass is 338 g/mol. The van der Waals surface area contributed by atoms with Crippen LogP contribution >= 0.6 is 12.4 Å². The second-order valence-corrected chi connectivity index (χ2v) is 5.87. The van der Waals surface area contributed by atoms with Crippen LogP contribution in [0.2, 0.25) is 0 Å². The van der Waals surface area contributed by atoms with Crippen molar-refractivity contribution in [2.75, 3.05) is 20.2 Å². The average Bonchev–Trinajstić information content (AvgIpc) is 3.15. The number of benzene rings is 1. The van der Waals surface area contributed by atoms with Gasteiger partial charge in [-0.25, -0.2) is 0 Å². The number of furan rings is 1. The molecular formula is C17H23ClN2O3. The van der Waals surface area contributed by atoms with Gasteiger partial charge in [0.2, 0.25) is 5.91 Å². The number of hydrogen-bond donors (Lipinski definition) is 2. The van der Waals surface area contributed by atoms with Gasteiger partial charge in [0.1, 0.15) is 17.1 Å². The minimum absolute atomic E-state index is 0. The number of fused-ring (bicyclic) bond motifs is 1. The number of carbonyl (C=O) groups is 1. The highest BCUT2D eigenvalue weighted by molar-refractivity contribution is 5.85. The van der Waals surface area contributed by atoms with Gasteiger partial charge in [-0.05, 0) is 45.0 Å². The summed E-state index contributed by atoms with van der Waals surface area (Å²) < 4.78 is 11.2. The molecule has 0 radical (unpaired) electrons. The van der Waals surface area contributed by atoms with Crippen LogP contribution in [-0.4, -0.2) is 26.1 Å². The molecule has 2 heterocycles. The van der Waals surface area contributed by atoms with Crippen LogP contribution < -0.4 is 15.4 Å². The summed E-state index contributed by atoms with van der Waals surface area (Å²) in [5.41, 5.74) is 1.86. The molecule has 1 fully saturated rings. The predicted molar refractivity (Wildman–Crippen MR) is 92.3 cm³/mol. The van der Waals surface area contributed by atoms with E-state index in [0.717, 1.165) is 47.6 Å². The third-order valence-corrected chi connectivity index (χ3v) is 4.36. The smallest absolute Gasteiger partial charge is 0.225 e. The molecule has 1 saturated heterocycles. The summed E-state index contributed by atoms with van der Waals surface area (Å²) in [4.78, 5) is 12.2. The molecular weight excluding hydrogens is 316 g/mol. The standard InChI is InChI=1S/C17H22N2O3.ClH/c1-10-14-8-13(21-3)4-5-15(14)22-16(10)11(2)19-17(20)12-6-7-18-9-12;/h4-5,8,11-12,18H,6-7,9H2,1-3H3,(H,19,20);1H. The number of aryl methyl sites for hydroxylation is 1. The third-order valence-electron chi connectivity index (χ3n) is 4.36. The molecule has 0 saturated carbocycles. The summed E-state index contributed by atoms with van der Waals surface area (Å²) in [6.45, 7) is 5.65. The Hall–Kier alpha value is -1.72. The number of amides is 1. The maximum absolute atomic E-state index is 12.2. The summed E-state index contributed by atoms with van der Waals surface area (Å²) in [5.74, 6) is 1.77. The van der Waals surface area contributed by atoms with E-state index in [4.69, 9.17) is 9.15 Å². The summed E-state index contributed by atoms with van der Waals surface area (Å²) in [5, 5.41) is 7.30. The third kappa shape index (κ3) is 3.46. The Morgan fingerprint density at radius 1 is 1.48 bits per heavy atom. The summed E-state index contributed by atoms with van der Waals surface area (Å²) >= 11 is 0. The molecule has 1 aliphatic rings. The lowest BCUT2D eigenvalue weighted by Gasteiger charge is -2.15. The van der Waals surface area contributed by atoms with Crippen molar-refractivity contribution >= 4 is 29.3 Å². The van der Waals surface area contributed by atoms with Crippen LogP contribution in [0.15, 0.2) is 22.6 Å². The van der Waals surface area contributed by atoms with Crippen molar-refractivity contribution in [3.63, 3.8) is 0 Å². The zero-order valence-electron chi connectivity index (χ0n) is 13.6. The normalized spacial score (nSPS) is 18.5. The van der Waals surface area contributed by atoms with Crippen molar-refractivity contribution in [3.8, 4) is 5.75 Å². The molecule has 0 spiro atoms. The minimum Gasteiger partial charge on any atom is -0.497 e. The van der Waals surface area contributed by atoms with E-state index in [1.807, 2.05) is 32.0 Å². The molecule has 2 N–H and O–H groups in total. The van der Waals surface area contributed by atoms with Crippen LogP contribution in [0.5, 0.6) is 5.75 Å². The fourth-order valence-corrected chi connectivity index (χ4v) is 3.03. The van der Waals surface area contributed by atoms with Crippen molar-refractivity contribution in [2.24, 2.45) is 5.92 Å². The molecule has 6 heteroatoms. The van der Waals surface area contributed by atoms with E-state index in [0.29, 0.717) is 0 Å². The lowest BCUT2D eigenvalue weighted by atomic mass is 10.1. The van der Waals surface area contributed by atoms with Gasteiger partial charge in [0.25, 0.3) is 0 Å². The molecule has 3 rings (SSSR count). The largest absolute Gasteiger partial charge is 0.497 e. The first kappa shape index (κ1) is 17.6. The van der Waals surface area contributed by atoms with Gasteiger partial charge >= 0.3 is 0 Å². The molecule has 2 atom stereocenters. The van der Waals surface area contributed by atoms with Crippen LogP contribution in [0.4, 0.5) is 0 Å². The Labute approximate surface area is 142 Å². The van der Waals surface area contributed by atoms with Gasteiger partial charge in [0.05, 0.1) is 19.1 Å². The number of halogens is 1. The predicted octanol–water partition coefficient (Wildman–Crippen LogP) is 2.96. The number of ether oxygens (including phenoxy) is 1. The Kier molecular flexibility index (Phi) is 5.55. The van der Waals surface area contributed by atoms with Crippen molar-refractivity contribution in [3.05, 3.63) is 29.5 Å². The topological polar surface area (TPSA) is 63.5 Å². The molecule has 0 bridgehead atoms. The van der Waals surface area contributed by atoms with Crippen LogP contribution in [0, 0.1) is 12.8 Å². The molecule has 126 valence electrons. The van der Waals surface area contributed by atoms with E-state index in [-0.39, 0.29) is 30.3 Å². The maximum atomic E-state index is 12.2. The first-order valence-electron chi connectivity index (χ1n) is 7.68. The fraction of sp³-hybridized carbons (Fsp3) is 0.471. The van der Waals surface area contributed by atoms with E-state index in [2.05, 4.69) is 10.6 Å². The van der Waals surface area contributed by atoms with E-state index < -0.39 is 0 Å². The van der Waals surface area contributed by atoms with Gasteiger partial charge in [-0.1, -0.05) is 0 Å². The summed E-state index contributed by atoms with van der Waals surface area (Å²) in [7, 11) is 1.65. The van der Waals surface area contributed by atoms with Crippen LogP contribution in [0.3, 0.4) is 0 Å². The van der Waals surface area contributed by atoms with E-state index in [1.165, 1.54) is 0 Å². The fourth-order valence-electron chi connectivity index (χ4n) is 3.03. The molecule has 2 unspecified atom stereocenters. The van der Waals surface area contributed by atoms with Gasteiger partial charge < -0.3 is 19.8 Å². The first-order chi connectivity index (χ1) is 10.6. The zero-order valence-corrected chi connectivity index (χ0v) is 14.5. The van der Waals surface area contributed by atoms with E-state index in [9.17, 15) is 4.79 Å².